The highest BCUT2D eigenvalue weighted by molar-refractivity contribution is 7.09. The summed E-state index contributed by atoms with van der Waals surface area (Å²) in [5.41, 5.74) is 8.24. The van der Waals surface area contributed by atoms with Crippen LogP contribution in [0.2, 0.25) is 0 Å². The lowest BCUT2D eigenvalue weighted by Gasteiger charge is -2.45. The molecular formula is C16H28N2S. The van der Waals surface area contributed by atoms with Crippen molar-refractivity contribution in [3.8, 4) is 0 Å². The lowest BCUT2D eigenvalue weighted by molar-refractivity contribution is 0.101. The molecule has 1 aliphatic carbocycles. The quantitative estimate of drug-likeness (QED) is 0.826. The summed E-state index contributed by atoms with van der Waals surface area (Å²) < 4.78 is 0. The monoisotopic (exact) mass is 280 g/mol. The Morgan fingerprint density at radius 1 is 1.32 bits per heavy atom. The molecule has 108 valence electrons. The topological polar surface area (TPSA) is 38.9 Å². The summed E-state index contributed by atoms with van der Waals surface area (Å²) >= 11 is 1.75. The van der Waals surface area contributed by atoms with Crippen molar-refractivity contribution >= 4 is 11.3 Å². The molecule has 1 saturated carbocycles. The number of thiazole rings is 1. The normalized spacial score (nSPS) is 31.4. The summed E-state index contributed by atoms with van der Waals surface area (Å²) in [7, 11) is 0. The third kappa shape index (κ3) is 2.87. The van der Waals surface area contributed by atoms with Crippen molar-refractivity contribution in [2.45, 2.75) is 71.8 Å². The molecule has 0 amide bonds. The molecular weight excluding hydrogens is 252 g/mol. The van der Waals surface area contributed by atoms with E-state index in [4.69, 9.17) is 10.7 Å². The van der Waals surface area contributed by atoms with Crippen molar-refractivity contribution in [3.05, 3.63) is 16.1 Å². The SMILES string of the molecule is CC1CC(C)(C)CCC1(N)c1nc(C(C)(C)C)cs1. The number of hydrogen-bond donors (Lipinski definition) is 1. The van der Waals surface area contributed by atoms with Gasteiger partial charge in [0.1, 0.15) is 5.01 Å². The Kier molecular flexibility index (Phi) is 3.60. The van der Waals surface area contributed by atoms with Crippen LogP contribution < -0.4 is 5.73 Å². The van der Waals surface area contributed by atoms with Crippen molar-refractivity contribution < 1.29 is 0 Å². The molecule has 2 N–H and O–H groups in total. The van der Waals surface area contributed by atoms with Crippen molar-refractivity contribution in [3.63, 3.8) is 0 Å². The van der Waals surface area contributed by atoms with Gasteiger partial charge >= 0.3 is 0 Å². The highest BCUT2D eigenvalue weighted by atomic mass is 32.1. The third-order valence-corrected chi connectivity index (χ3v) is 5.66. The van der Waals surface area contributed by atoms with Gasteiger partial charge < -0.3 is 5.73 Å². The van der Waals surface area contributed by atoms with Crippen LogP contribution in [0.25, 0.3) is 0 Å². The Balaban J connectivity index is 2.28. The van der Waals surface area contributed by atoms with Gasteiger partial charge in [0.25, 0.3) is 0 Å². The van der Waals surface area contributed by atoms with E-state index < -0.39 is 0 Å². The van der Waals surface area contributed by atoms with Gasteiger partial charge in [0.15, 0.2) is 0 Å². The van der Waals surface area contributed by atoms with Gasteiger partial charge in [-0.3, -0.25) is 0 Å². The molecule has 2 rings (SSSR count). The Hall–Kier alpha value is -0.410. The molecule has 1 aromatic rings. The van der Waals surface area contributed by atoms with Gasteiger partial charge in [0, 0.05) is 10.8 Å². The summed E-state index contributed by atoms with van der Waals surface area (Å²) in [6, 6.07) is 0. The number of nitrogens with zero attached hydrogens (tertiary/aromatic N) is 1. The molecule has 0 radical (unpaired) electrons. The van der Waals surface area contributed by atoms with Crippen molar-refractivity contribution in [2.75, 3.05) is 0 Å². The van der Waals surface area contributed by atoms with Crippen LogP contribution in [-0.2, 0) is 11.0 Å². The van der Waals surface area contributed by atoms with E-state index in [-0.39, 0.29) is 11.0 Å². The van der Waals surface area contributed by atoms with Gasteiger partial charge in [-0.15, -0.1) is 11.3 Å². The van der Waals surface area contributed by atoms with Crippen LogP contribution in [0, 0.1) is 11.3 Å². The van der Waals surface area contributed by atoms with Crippen molar-refractivity contribution in [2.24, 2.45) is 17.1 Å². The summed E-state index contributed by atoms with van der Waals surface area (Å²) in [4.78, 5) is 4.87. The number of aromatic nitrogens is 1. The fourth-order valence-corrected chi connectivity index (χ4v) is 4.36. The maximum Gasteiger partial charge on any atom is 0.113 e. The van der Waals surface area contributed by atoms with E-state index in [0.29, 0.717) is 11.3 Å². The lowest BCUT2D eigenvalue weighted by Crippen LogP contribution is -2.48. The summed E-state index contributed by atoms with van der Waals surface area (Å²) in [6.45, 7) is 13.6. The molecule has 1 aliphatic rings. The molecule has 1 aromatic heterocycles. The number of hydrogen-bond acceptors (Lipinski definition) is 3. The molecule has 0 spiro atoms. The molecule has 1 fully saturated rings. The van der Waals surface area contributed by atoms with E-state index in [0.717, 1.165) is 11.4 Å². The molecule has 1 heterocycles. The van der Waals surface area contributed by atoms with Crippen LogP contribution in [0.3, 0.4) is 0 Å². The molecule has 2 unspecified atom stereocenters. The zero-order valence-corrected chi connectivity index (χ0v) is 14.0. The molecule has 2 nitrogen and oxygen atoms in total. The predicted octanol–water partition coefficient (Wildman–Crippen LogP) is 4.44. The number of nitrogens with two attached hydrogens (primary N) is 1. The van der Waals surface area contributed by atoms with E-state index in [2.05, 4.69) is 46.9 Å². The minimum Gasteiger partial charge on any atom is -0.319 e. The first-order chi connectivity index (χ1) is 8.55. The van der Waals surface area contributed by atoms with E-state index in [9.17, 15) is 0 Å². The summed E-state index contributed by atoms with van der Waals surface area (Å²) in [5.74, 6) is 0.496. The van der Waals surface area contributed by atoms with Crippen LogP contribution in [0.1, 0.15) is 71.5 Å². The molecule has 19 heavy (non-hydrogen) atoms. The van der Waals surface area contributed by atoms with Crippen LogP contribution in [0.5, 0.6) is 0 Å². The Morgan fingerprint density at radius 2 is 1.95 bits per heavy atom. The third-order valence-electron chi connectivity index (χ3n) is 4.62. The molecule has 0 saturated heterocycles. The average Bonchev–Trinajstić information content (AvgIpc) is 2.72. The maximum atomic E-state index is 6.75. The van der Waals surface area contributed by atoms with Crippen LogP contribution >= 0.6 is 11.3 Å². The largest absolute Gasteiger partial charge is 0.319 e. The van der Waals surface area contributed by atoms with Gasteiger partial charge in [-0.1, -0.05) is 41.5 Å². The average molecular weight is 280 g/mol. The molecule has 3 heteroatoms. The summed E-state index contributed by atoms with van der Waals surface area (Å²) in [6.07, 6.45) is 3.43. The number of rotatable bonds is 1. The lowest BCUT2D eigenvalue weighted by atomic mass is 9.64. The van der Waals surface area contributed by atoms with Gasteiger partial charge in [-0.05, 0) is 30.6 Å². The zero-order chi connectivity index (χ0) is 14.5. The predicted molar refractivity (Wildman–Crippen MR) is 83.5 cm³/mol. The van der Waals surface area contributed by atoms with E-state index in [1.807, 2.05) is 0 Å². The van der Waals surface area contributed by atoms with Gasteiger partial charge in [-0.25, -0.2) is 4.98 Å². The smallest absolute Gasteiger partial charge is 0.113 e. The highest BCUT2D eigenvalue weighted by Gasteiger charge is 2.44. The summed E-state index contributed by atoms with van der Waals surface area (Å²) in [5, 5.41) is 3.33. The first-order valence-corrected chi connectivity index (χ1v) is 8.18. The Morgan fingerprint density at radius 3 is 2.42 bits per heavy atom. The maximum absolute atomic E-state index is 6.75. The van der Waals surface area contributed by atoms with E-state index in [1.54, 1.807) is 11.3 Å². The minimum absolute atomic E-state index is 0.113. The van der Waals surface area contributed by atoms with Crippen LogP contribution in [0.4, 0.5) is 0 Å². The molecule has 0 bridgehead atoms. The van der Waals surface area contributed by atoms with Gasteiger partial charge in [0.2, 0.25) is 0 Å². The second-order valence-corrected chi connectivity index (χ2v) is 8.96. The van der Waals surface area contributed by atoms with Crippen molar-refractivity contribution in [1.29, 1.82) is 0 Å². The fourth-order valence-electron chi connectivity index (χ4n) is 3.05. The first-order valence-electron chi connectivity index (χ1n) is 7.30. The zero-order valence-electron chi connectivity index (χ0n) is 13.2. The fraction of sp³-hybridized carbons (Fsp3) is 0.812. The molecule has 0 aliphatic heterocycles. The van der Waals surface area contributed by atoms with Gasteiger partial charge in [-0.2, -0.15) is 0 Å². The van der Waals surface area contributed by atoms with E-state index in [1.165, 1.54) is 18.5 Å². The van der Waals surface area contributed by atoms with Gasteiger partial charge in [0.05, 0.1) is 11.2 Å². The minimum atomic E-state index is -0.219. The Labute approximate surface area is 121 Å². The standard InChI is InChI=1S/C16H28N2S/c1-11-9-15(5,6)7-8-16(11,17)13-18-12(10-19-13)14(2,3)4/h10-11H,7-9,17H2,1-6H3. The van der Waals surface area contributed by atoms with Crippen molar-refractivity contribution in [1.82, 2.24) is 4.98 Å². The van der Waals surface area contributed by atoms with Crippen LogP contribution in [-0.4, -0.2) is 4.98 Å². The molecule has 2 atom stereocenters. The second-order valence-electron chi connectivity index (χ2n) is 8.10. The van der Waals surface area contributed by atoms with E-state index >= 15 is 0 Å². The second kappa shape index (κ2) is 4.56. The Bertz CT molecular complexity index is 456. The first kappa shape index (κ1) is 15.0. The molecule has 0 aromatic carbocycles. The van der Waals surface area contributed by atoms with Crippen LogP contribution in [0.15, 0.2) is 5.38 Å². The highest BCUT2D eigenvalue weighted by Crippen LogP contribution is 2.48.